The minimum absolute atomic E-state index is 0.109. The molecule has 132 valence electrons. The lowest BCUT2D eigenvalue weighted by atomic mass is 10.2. The number of aromatic nitrogens is 2. The van der Waals surface area contributed by atoms with E-state index in [9.17, 15) is 9.59 Å². The summed E-state index contributed by atoms with van der Waals surface area (Å²) in [5, 5.41) is 2.75. The molecule has 7 nitrogen and oxygen atoms in total. The molecular formula is C18H22N4O3. The third-order valence-electron chi connectivity index (χ3n) is 4.13. The summed E-state index contributed by atoms with van der Waals surface area (Å²) < 4.78 is 5.53. The van der Waals surface area contributed by atoms with Crippen molar-refractivity contribution in [2.75, 3.05) is 24.6 Å². The van der Waals surface area contributed by atoms with Crippen LogP contribution in [-0.2, 0) is 11.3 Å². The summed E-state index contributed by atoms with van der Waals surface area (Å²) in [4.78, 5) is 33.2. The topological polar surface area (TPSA) is 87.3 Å². The van der Waals surface area contributed by atoms with E-state index in [4.69, 9.17) is 4.74 Å². The first-order chi connectivity index (χ1) is 12.0. The standard InChI is InChI=1S/C18H22N4O3/c1-12-3-5-15(18(24)21-12)17(23)20-10-14-4-6-16(19-9-14)22-7-8-25-13(2)11-22/h3-6,9,13H,7-8,10-11H2,1-2H3,(H,20,23)(H,21,24)/t13-/m0/s1. The Morgan fingerprint density at radius 3 is 2.92 bits per heavy atom. The number of carbonyl (C=O) groups is 1. The highest BCUT2D eigenvalue weighted by Crippen LogP contribution is 2.15. The molecule has 2 aromatic heterocycles. The molecule has 1 aliphatic heterocycles. The fourth-order valence-electron chi connectivity index (χ4n) is 2.76. The van der Waals surface area contributed by atoms with Crippen LogP contribution in [-0.4, -0.2) is 41.7 Å². The van der Waals surface area contributed by atoms with Gasteiger partial charge in [-0.1, -0.05) is 6.07 Å². The van der Waals surface area contributed by atoms with E-state index in [0.29, 0.717) is 13.2 Å². The zero-order valence-electron chi connectivity index (χ0n) is 14.4. The van der Waals surface area contributed by atoms with Gasteiger partial charge < -0.3 is 19.9 Å². The van der Waals surface area contributed by atoms with Gasteiger partial charge in [-0.05, 0) is 37.6 Å². The van der Waals surface area contributed by atoms with Crippen molar-refractivity contribution in [3.63, 3.8) is 0 Å². The number of hydrogen-bond donors (Lipinski definition) is 2. The third kappa shape index (κ3) is 4.24. The van der Waals surface area contributed by atoms with Gasteiger partial charge in [0.1, 0.15) is 11.4 Å². The molecule has 0 unspecified atom stereocenters. The van der Waals surface area contributed by atoms with Crippen LogP contribution in [0.3, 0.4) is 0 Å². The van der Waals surface area contributed by atoms with Crippen molar-refractivity contribution < 1.29 is 9.53 Å². The van der Waals surface area contributed by atoms with E-state index in [0.717, 1.165) is 30.2 Å². The molecule has 0 radical (unpaired) electrons. The fourth-order valence-corrected chi connectivity index (χ4v) is 2.76. The van der Waals surface area contributed by atoms with Crippen molar-refractivity contribution in [3.8, 4) is 0 Å². The van der Waals surface area contributed by atoms with E-state index in [-0.39, 0.29) is 17.2 Å². The minimum atomic E-state index is -0.396. The molecule has 2 N–H and O–H groups in total. The Bertz CT molecular complexity index is 801. The lowest BCUT2D eigenvalue weighted by Crippen LogP contribution is -2.41. The predicted molar refractivity (Wildman–Crippen MR) is 94.8 cm³/mol. The molecule has 2 aromatic rings. The first kappa shape index (κ1) is 17.2. The van der Waals surface area contributed by atoms with Gasteiger partial charge in [-0.2, -0.15) is 0 Å². The van der Waals surface area contributed by atoms with Crippen molar-refractivity contribution in [3.05, 3.63) is 57.6 Å². The van der Waals surface area contributed by atoms with Gasteiger partial charge in [0.05, 0.1) is 12.7 Å². The second kappa shape index (κ2) is 7.48. The van der Waals surface area contributed by atoms with Crippen LogP contribution in [0.5, 0.6) is 0 Å². The van der Waals surface area contributed by atoms with Crippen LogP contribution >= 0.6 is 0 Å². The van der Waals surface area contributed by atoms with E-state index in [1.54, 1.807) is 19.2 Å². The quantitative estimate of drug-likeness (QED) is 0.873. The Balaban J connectivity index is 1.60. The van der Waals surface area contributed by atoms with Crippen LogP contribution in [0.2, 0.25) is 0 Å². The van der Waals surface area contributed by atoms with E-state index in [2.05, 4.69) is 20.2 Å². The molecule has 0 aromatic carbocycles. The van der Waals surface area contributed by atoms with Crippen molar-refractivity contribution >= 4 is 11.7 Å². The highest BCUT2D eigenvalue weighted by atomic mass is 16.5. The Labute approximate surface area is 146 Å². The number of carbonyl (C=O) groups excluding carboxylic acids is 1. The molecule has 25 heavy (non-hydrogen) atoms. The molecule has 0 saturated carbocycles. The third-order valence-corrected chi connectivity index (χ3v) is 4.13. The normalized spacial score (nSPS) is 17.4. The van der Waals surface area contributed by atoms with E-state index in [1.165, 1.54) is 6.07 Å². The number of aryl methyl sites for hydroxylation is 1. The van der Waals surface area contributed by atoms with Crippen molar-refractivity contribution in [2.45, 2.75) is 26.5 Å². The van der Waals surface area contributed by atoms with Crippen LogP contribution in [0.1, 0.15) is 28.5 Å². The molecule has 1 atom stereocenters. The van der Waals surface area contributed by atoms with E-state index < -0.39 is 5.91 Å². The Kier molecular flexibility index (Phi) is 5.14. The average molecular weight is 342 g/mol. The lowest BCUT2D eigenvalue weighted by Gasteiger charge is -2.32. The summed E-state index contributed by atoms with van der Waals surface area (Å²) in [5.41, 5.74) is 1.32. The van der Waals surface area contributed by atoms with Gasteiger partial charge in [-0.15, -0.1) is 0 Å². The molecule has 3 heterocycles. The van der Waals surface area contributed by atoms with Crippen LogP contribution in [0.25, 0.3) is 0 Å². The number of aromatic amines is 1. The molecule has 0 spiro atoms. The monoisotopic (exact) mass is 342 g/mol. The largest absolute Gasteiger partial charge is 0.375 e. The number of hydrogen-bond acceptors (Lipinski definition) is 5. The van der Waals surface area contributed by atoms with Gasteiger partial charge in [0.25, 0.3) is 11.5 Å². The fraction of sp³-hybridized carbons (Fsp3) is 0.389. The van der Waals surface area contributed by atoms with E-state index >= 15 is 0 Å². The molecule has 0 bridgehead atoms. The number of nitrogens with one attached hydrogen (secondary N) is 2. The number of rotatable bonds is 4. The van der Waals surface area contributed by atoms with Crippen molar-refractivity contribution in [1.29, 1.82) is 0 Å². The number of H-pyrrole nitrogens is 1. The summed E-state index contributed by atoms with van der Waals surface area (Å²) in [6.07, 6.45) is 1.94. The second-order valence-electron chi connectivity index (χ2n) is 6.22. The molecule has 0 aliphatic carbocycles. The summed E-state index contributed by atoms with van der Waals surface area (Å²) >= 11 is 0. The van der Waals surface area contributed by atoms with Crippen LogP contribution in [0, 0.1) is 6.92 Å². The van der Waals surface area contributed by atoms with Gasteiger partial charge in [0, 0.05) is 31.5 Å². The number of anilines is 1. The van der Waals surface area contributed by atoms with Gasteiger partial charge in [0.2, 0.25) is 0 Å². The van der Waals surface area contributed by atoms with Crippen LogP contribution < -0.4 is 15.8 Å². The number of amides is 1. The van der Waals surface area contributed by atoms with Gasteiger partial charge >= 0.3 is 0 Å². The maximum atomic E-state index is 12.1. The lowest BCUT2D eigenvalue weighted by molar-refractivity contribution is 0.0529. The maximum Gasteiger partial charge on any atom is 0.260 e. The summed E-state index contributed by atoms with van der Waals surface area (Å²) in [7, 11) is 0. The van der Waals surface area contributed by atoms with Gasteiger partial charge in [-0.3, -0.25) is 9.59 Å². The average Bonchev–Trinajstić information content (AvgIpc) is 2.60. The SMILES string of the molecule is Cc1ccc(C(=O)NCc2ccc(N3CCO[C@@H](C)C3)nc2)c(=O)[nH]1. The number of pyridine rings is 2. The minimum Gasteiger partial charge on any atom is -0.375 e. The number of morpholine rings is 1. The molecular weight excluding hydrogens is 320 g/mol. The van der Waals surface area contributed by atoms with Gasteiger partial charge in [0.15, 0.2) is 0 Å². The summed E-state index contributed by atoms with van der Waals surface area (Å²) in [6, 6.07) is 7.11. The number of ether oxygens (including phenoxy) is 1. The Morgan fingerprint density at radius 1 is 1.40 bits per heavy atom. The summed E-state index contributed by atoms with van der Waals surface area (Å²) in [5.74, 6) is 0.507. The molecule has 1 aliphatic rings. The van der Waals surface area contributed by atoms with E-state index in [1.807, 2.05) is 19.1 Å². The number of nitrogens with zero attached hydrogens (tertiary/aromatic N) is 2. The second-order valence-corrected chi connectivity index (χ2v) is 6.22. The maximum absolute atomic E-state index is 12.1. The highest BCUT2D eigenvalue weighted by molar-refractivity contribution is 5.93. The Morgan fingerprint density at radius 2 is 2.24 bits per heavy atom. The highest BCUT2D eigenvalue weighted by Gasteiger charge is 2.17. The molecule has 7 heteroatoms. The van der Waals surface area contributed by atoms with Crippen LogP contribution in [0.15, 0.2) is 35.3 Å². The molecule has 3 rings (SSSR count). The molecule has 1 saturated heterocycles. The Hall–Kier alpha value is -2.67. The molecule has 1 amide bonds. The first-order valence-electron chi connectivity index (χ1n) is 8.32. The van der Waals surface area contributed by atoms with Crippen LogP contribution in [0.4, 0.5) is 5.82 Å². The van der Waals surface area contributed by atoms with Crippen molar-refractivity contribution in [1.82, 2.24) is 15.3 Å². The zero-order valence-corrected chi connectivity index (χ0v) is 14.4. The van der Waals surface area contributed by atoms with Crippen molar-refractivity contribution in [2.24, 2.45) is 0 Å². The predicted octanol–water partition coefficient (Wildman–Crippen LogP) is 1.23. The zero-order chi connectivity index (χ0) is 17.8. The smallest absolute Gasteiger partial charge is 0.260 e. The summed E-state index contributed by atoms with van der Waals surface area (Å²) in [6.45, 7) is 6.47. The first-order valence-corrected chi connectivity index (χ1v) is 8.32. The molecule has 1 fully saturated rings. The van der Waals surface area contributed by atoms with Gasteiger partial charge in [-0.25, -0.2) is 4.98 Å².